The van der Waals surface area contributed by atoms with Gasteiger partial charge in [-0.25, -0.2) is 0 Å². The van der Waals surface area contributed by atoms with Gasteiger partial charge in [0, 0.05) is 13.1 Å². The molecule has 0 bridgehead atoms. The van der Waals surface area contributed by atoms with E-state index in [0.717, 1.165) is 19.5 Å². The van der Waals surface area contributed by atoms with Crippen molar-refractivity contribution < 1.29 is 15.0 Å². The highest BCUT2D eigenvalue weighted by molar-refractivity contribution is 5.97. The molecule has 98 valence electrons. The van der Waals surface area contributed by atoms with Crippen LogP contribution in [0.4, 0.5) is 0 Å². The van der Waals surface area contributed by atoms with Crippen molar-refractivity contribution in [3.05, 3.63) is 23.8 Å². The predicted molar refractivity (Wildman–Crippen MR) is 67.7 cm³/mol. The lowest BCUT2D eigenvalue weighted by Gasteiger charge is -2.12. The first-order chi connectivity index (χ1) is 8.58. The van der Waals surface area contributed by atoms with Gasteiger partial charge in [-0.3, -0.25) is 4.79 Å². The number of likely N-dealkylation sites (tertiary alicyclic amines) is 1. The van der Waals surface area contributed by atoms with E-state index in [4.69, 9.17) is 0 Å². The largest absolute Gasteiger partial charge is 0.504 e. The van der Waals surface area contributed by atoms with Gasteiger partial charge in [0.25, 0.3) is 5.91 Å². The molecule has 1 aromatic carbocycles. The molecule has 0 spiro atoms. The molecular formula is C13H18N2O3. The predicted octanol–water partition coefficient (Wildman–Crippen LogP) is 0.779. The monoisotopic (exact) mass is 250 g/mol. The topological polar surface area (TPSA) is 72.8 Å². The second-order valence-corrected chi connectivity index (χ2v) is 4.80. The van der Waals surface area contributed by atoms with Gasteiger partial charge in [0.1, 0.15) is 0 Å². The number of phenolic OH excluding ortho intramolecular Hbond substituents is 2. The third kappa shape index (κ3) is 2.73. The summed E-state index contributed by atoms with van der Waals surface area (Å²) in [6.07, 6.45) is 1.07. The van der Waals surface area contributed by atoms with Crippen LogP contribution < -0.4 is 5.32 Å². The minimum atomic E-state index is -0.362. The molecule has 18 heavy (non-hydrogen) atoms. The van der Waals surface area contributed by atoms with E-state index in [1.54, 1.807) is 0 Å². The first kappa shape index (κ1) is 12.7. The zero-order valence-corrected chi connectivity index (χ0v) is 10.4. The number of amides is 1. The maximum atomic E-state index is 11.9. The summed E-state index contributed by atoms with van der Waals surface area (Å²) in [5.74, 6) is -0.529. The second-order valence-electron chi connectivity index (χ2n) is 4.80. The molecule has 5 heteroatoms. The summed E-state index contributed by atoms with van der Waals surface area (Å²) in [5.41, 5.74) is 0.112. The van der Waals surface area contributed by atoms with Gasteiger partial charge in [0.2, 0.25) is 0 Å². The van der Waals surface area contributed by atoms with E-state index in [9.17, 15) is 15.0 Å². The smallest absolute Gasteiger partial charge is 0.255 e. The lowest BCUT2D eigenvalue weighted by Crippen LogP contribution is -2.30. The van der Waals surface area contributed by atoms with Crippen LogP contribution >= 0.6 is 0 Å². The highest BCUT2D eigenvalue weighted by Gasteiger charge is 2.21. The number of benzene rings is 1. The molecule has 2 rings (SSSR count). The van der Waals surface area contributed by atoms with E-state index in [1.165, 1.54) is 18.2 Å². The van der Waals surface area contributed by atoms with Crippen LogP contribution in [-0.4, -0.2) is 47.7 Å². The van der Waals surface area contributed by atoms with Crippen molar-refractivity contribution in [1.29, 1.82) is 0 Å². The van der Waals surface area contributed by atoms with E-state index in [0.29, 0.717) is 12.5 Å². The third-order valence-electron chi connectivity index (χ3n) is 3.30. The van der Waals surface area contributed by atoms with Crippen molar-refractivity contribution >= 4 is 5.91 Å². The number of nitrogens with zero attached hydrogens (tertiary/aromatic N) is 1. The summed E-state index contributed by atoms with van der Waals surface area (Å²) in [5, 5.41) is 21.7. The van der Waals surface area contributed by atoms with E-state index in [-0.39, 0.29) is 23.0 Å². The number of carbonyl (C=O) groups is 1. The van der Waals surface area contributed by atoms with E-state index in [1.807, 2.05) is 0 Å². The minimum Gasteiger partial charge on any atom is -0.504 e. The Labute approximate surface area is 106 Å². The molecular weight excluding hydrogens is 232 g/mol. The van der Waals surface area contributed by atoms with Crippen LogP contribution in [0.25, 0.3) is 0 Å². The molecule has 1 aliphatic heterocycles. The maximum Gasteiger partial charge on any atom is 0.255 e. The first-order valence-electron chi connectivity index (χ1n) is 6.05. The fourth-order valence-corrected chi connectivity index (χ4v) is 2.24. The first-order valence-corrected chi connectivity index (χ1v) is 6.05. The summed E-state index contributed by atoms with van der Waals surface area (Å²) in [7, 11) is 2.06. The van der Waals surface area contributed by atoms with Crippen molar-refractivity contribution in [3.63, 3.8) is 0 Å². The molecule has 1 aromatic rings. The van der Waals surface area contributed by atoms with Crippen LogP contribution in [0.1, 0.15) is 16.8 Å². The van der Waals surface area contributed by atoms with Gasteiger partial charge < -0.3 is 20.4 Å². The molecule has 0 aromatic heterocycles. The van der Waals surface area contributed by atoms with E-state index >= 15 is 0 Å². The number of phenols is 2. The van der Waals surface area contributed by atoms with Crippen molar-refractivity contribution in [2.45, 2.75) is 6.42 Å². The Morgan fingerprint density at radius 1 is 1.50 bits per heavy atom. The summed E-state index contributed by atoms with van der Waals surface area (Å²) in [4.78, 5) is 14.1. The van der Waals surface area contributed by atoms with Crippen molar-refractivity contribution in [2.24, 2.45) is 5.92 Å². The quantitative estimate of drug-likeness (QED) is 0.693. The van der Waals surface area contributed by atoms with E-state index in [2.05, 4.69) is 17.3 Å². The van der Waals surface area contributed by atoms with Gasteiger partial charge in [-0.15, -0.1) is 0 Å². The van der Waals surface area contributed by atoms with Crippen LogP contribution in [0.3, 0.4) is 0 Å². The lowest BCUT2D eigenvalue weighted by molar-refractivity contribution is 0.0944. The average Bonchev–Trinajstić information content (AvgIpc) is 2.76. The lowest BCUT2D eigenvalue weighted by atomic mass is 10.1. The van der Waals surface area contributed by atoms with Crippen LogP contribution in [0.5, 0.6) is 11.5 Å². The van der Waals surface area contributed by atoms with Gasteiger partial charge in [0.05, 0.1) is 5.56 Å². The molecule has 1 heterocycles. The van der Waals surface area contributed by atoms with Crippen LogP contribution in [-0.2, 0) is 0 Å². The van der Waals surface area contributed by atoms with Crippen LogP contribution in [0.2, 0.25) is 0 Å². The molecule has 5 nitrogen and oxygen atoms in total. The minimum absolute atomic E-state index is 0.112. The normalized spacial score (nSPS) is 19.9. The molecule has 0 radical (unpaired) electrons. The third-order valence-corrected chi connectivity index (χ3v) is 3.30. The molecule has 1 fully saturated rings. The molecule has 1 unspecified atom stereocenters. The number of hydrogen-bond acceptors (Lipinski definition) is 4. The number of carbonyl (C=O) groups excluding carboxylic acids is 1. The Hall–Kier alpha value is -1.75. The molecule has 0 aliphatic carbocycles. The Morgan fingerprint density at radius 2 is 2.28 bits per heavy atom. The summed E-state index contributed by atoms with van der Waals surface area (Å²) >= 11 is 0. The Morgan fingerprint density at radius 3 is 2.94 bits per heavy atom. The zero-order valence-electron chi connectivity index (χ0n) is 10.4. The van der Waals surface area contributed by atoms with Gasteiger partial charge in [-0.1, -0.05) is 6.07 Å². The molecule has 1 atom stereocenters. The standard InChI is InChI=1S/C13H18N2O3/c1-15-6-5-9(8-15)7-14-13(18)10-3-2-4-11(16)12(10)17/h2-4,9,16-17H,5-8H2,1H3,(H,14,18). The molecule has 1 amide bonds. The van der Waals surface area contributed by atoms with Crippen LogP contribution in [0.15, 0.2) is 18.2 Å². The highest BCUT2D eigenvalue weighted by Crippen LogP contribution is 2.28. The molecule has 1 aliphatic rings. The Bertz CT molecular complexity index is 448. The molecule has 3 N–H and O–H groups in total. The van der Waals surface area contributed by atoms with Gasteiger partial charge >= 0.3 is 0 Å². The summed E-state index contributed by atoms with van der Waals surface area (Å²) in [6, 6.07) is 4.37. The number of aromatic hydroxyl groups is 2. The van der Waals surface area contributed by atoms with Crippen molar-refractivity contribution in [2.75, 3.05) is 26.7 Å². The summed E-state index contributed by atoms with van der Waals surface area (Å²) in [6.45, 7) is 2.63. The number of rotatable bonds is 3. The van der Waals surface area contributed by atoms with Gasteiger partial charge in [-0.05, 0) is 38.1 Å². The SMILES string of the molecule is CN1CCC(CNC(=O)c2cccc(O)c2O)C1. The zero-order chi connectivity index (χ0) is 13.1. The van der Waals surface area contributed by atoms with Crippen molar-refractivity contribution in [1.82, 2.24) is 10.2 Å². The number of nitrogens with one attached hydrogen (secondary N) is 1. The second kappa shape index (κ2) is 5.27. The Kier molecular flexibility index (Phi) is 3.72. The van der Waals surface area contributed by atoms with Crippen molar-refractivity contribution in [3.8, 4) is 11.5 Å². The van der Waals surface area contributed by atoms with Gasteiger partial charge in [0.15, 0.2) is 11.5 Å². The Balaban J connectivity index is 1.94. The molecule has 1 saturated heterocycles. The fourth-order valence-electron chi connectivity index (χ4n) is 2.24. The van der Waals surface area contributed by atoms with E-state index < -0.39 is 0 Å². The summed E-state index contributed by atoms with van der Waals surface area (Å²) < 4.78 is 0. The number of para-hydroxylation sites is 1. The average molecular weight is 250 g/mol. The van der Waals surface area contributed by atoms with Gasteiger partial charge in [-0.2, -0.15) is 0 Å². The highest BCUT2D eigenvalue weighted by atomic mass is 16.3. The fraction of sp³-hybridized carbons (Fsp3) is 0.462. The maximum absolute atomic E-state index is 11.9. The van der Waals surface area contributed by atoms with Crippen LogP contribution in [0, 0.1) is 5.92 Å². The number of hydrogen-bond donors (Lipinski definition) is 3. The molecule has 0 saturated carbocycles.